The molecular formula is C10H8BrCl2N5. The standard InChI is InChI=1S/C10H8BrCl2N5/c11-5-4-15-10(18-14)17-9(5)16-8-6(12)2-1-3-7(8)13/h1-4H,14H2,(H2,15,16,17,18). The largest absolute Gasteiger partial charge is 0.337 e. The van der Waals surface area contributed by atoms with Crippen LogP contribution in [0.5, 0.6) is 0 Å². The minimum Gasteiger partial charge on any atom is -0.337 e. The van der Waals surface area contributed by atoms with E-state index in [1.165, 1.54) is 0 Å². The van der Waals surface area contributed by atoms with Gasteiger partial charge in [0, 0.05) is 6.20 Å². The van der Waals surface area contributed by atoms with Crippen molar-refractivity contribution in [2.75, 3.05) is 10.7 Å². The summed E-state index contributed by atoms with van der Waals surface area (Å²) in [6.07, 6.45) is 1.56. The third-order valence-corrected chi connectivity index (χ3v) is 3.29. The van der Waals surface area contributed by atoms with Gasteiger partial charge in [-0.3, -0.25) is 5.43 Å². The molecule has 0 radical (unpaired) electrons. The number of hydrogen-bond donors (Lipinski definition) is 3. The molecule has 1 heterocycles. The number of hydrazine groups is 1. The second-order valence-corrected chi connectivity index (χ2v) is 4.92. The van der Waals surface area contributed by atoms with E-state index in [0.717, 1.165) is 0 Å². The van der Waals surface area contributed by atoms with Gasteiger partial charge in [0.25, 0.3) is 0 Å². The number of aromatic nitrogens is 2. The third-order valence-electron chi connectivity index (χ3n) is 2.08. The second-order valence-electron chi connectivity index (χ2n) is 3.26. The zero-order chi connectivity index (χ0) is 13.1. The molecule has 94 valence electrons. The van der Waals surface area contributed by atoms with Crippen molar-refractivity contribution in [3.05, 3.63) is 38.9 Å². The summed E-state index contributed by atoms with van der Waals surface area (Å²) in [7, 11) is 0. The number of nitrogen functional groups attached to an aromatic ring is 1. The van der Waals surface area contributed by atoms with Crippen LogP contribution in [0.2, 0.25) is 10.0 Å². The first-order chi connectivity index (χ1) is 8.61. The van der Waals surface area contributed by atoms with Crippen LogP contribution in [0.15, 0.2) is 28.9 Å². The average Bonchev–Trinajstić information content (AvgIpc) is 2.36. The fourth-order valence-corrected chi connectivity index (χ4v) is 2.04. The first-order valence-electron chi connectivity index (χ1n) is 4.82. The highest BCUT2D eigenvalue weighted by atomic mass is 79.9. The van der Waals surface area contributed by atoms with Crippen molar-refractivity contribution in [1.29, 1.82) is 0 Å². The van der Waals surface area contributed by atoms with Gasteiger partial charge in [-0.25, -0.2) is 10.8 Å². The van der Waals surface area contributed by atoms with Crippen LogP contribution in [0.3, 0.4) is 0 Å². The van der Waals surface area contributed by atoms with Crippen LogP contribution in [0, 0.1) is 0 Å². The van der Waals surface area contributed by atoms with Crippen LogP contribution in [0.25, 0.3) is 0 Å². The summed E-state index contributed by atoms with van der Waals surface area (Å²) in [5, 5.41) is 4.02. The summed E-state index contributed by atoms with van der Waals surface area (Å²) >= 11 is 15.4. The fourth-order valence-electron chi connectivity index (χ4n) is 1.26. The molecule has 2 aromatic rings. The van der Waals surface area contributed by atoms with Crippen LogP contribution >= 0.6 is 39.1 Å². The van der Waals surface area contributed by atoms with Gasteiger partial charge in [0.05, 0.1) is 20.2 Å². The van der Waals surface area contributed by atoms with Crippen molar-refractivity contribution in [1.82, 2.24) is 9.97 Å². The molecule has 0 aliphatic rings. The molecule has 0 aliphatic carbocycles. The number of nitrogens with zero attached hydrogens (tertiary/aromatic N) is 2. The van der Waals surface area contributed by atoms with Crippen LogP contribution in [0.1, 0.15) is 0 Å². The molecule has 0 bridgehead atoms. The molecule has 0 amide bonds. The van der Waals surface area contributed by atoms with Crippen molar-refractivity contribution in [2.45, 2.75) is 0 Å². The number of hydrogen-bond acceptors (Lipinski definition) is 5. The number of anilines is 3. The highest BCUT2D eigenvalue weighted by molar-refractivity contribution is 9.10. The highest BCUT2D eigenvalue weighted by Crippen LogP contribution is 2.34. The Morgan fingerprint density at radius 3 is 2.50 bits per heavy atom. The van der Waals surface area contributed by atoms with E-state index in [2.05, 4.69) is 36.6 Å². The summed E-state index contributed by atoms with van der Waals surface area (Å²) in [6, 6.07) is 5.22. The van der Waals surface area contributed by atoms with Gasteiger partial charge in [0.15, 0.2) is 5.82 Å². The number of nitrogens with one attached hydrogen (secondary N) is 2. The van der Waals surface area contributed by atoms with Gasteiger partial charge in [-0.15, -0.1) is 0 Å². The Morgan fingerprint density at radius 1 is 1.22 bits per heavy atom. The van der Waals surface area contributed by atoms with Crippen LogP contribution in [-0.2, 0) is 0 Å². The SMILES string of the molecule is NNc1ncc(Br)c(Nc2c(Cl)cccc2Cl)n1. The molecule has 1 aromatic heterocycles. The molecule has 2 rings (SSSR count). The maximum absolute atomic E-state index is 6.06. The van der Waals surface area contributed by atoms with Crippen molar-refractivity contribution in [2.24, 2.45) is 5.84 Å². The quantitative estimate of drug-likeness (QED) is 0.584. The lowest BCUT2D eigenvalue weighted by molar-refractivity contribution is 1.11. The zero-order valence-corrected chi connectivity index (χ0v) is 12.0. The smallest absolute Gasteiger partial charge is 0.239 e. The number of halogens is 3. The molecule has 0 saturated heterocycles. The summed E-state index contributed by atoms with van der Waals surface area (Å²) in [5.41, 5.74) is 2.93. The Bertz CT molecular complexity index is 558. The lowest BCUT2D eigenvalue weighted by Crippen LogP contribution is -2.11. The topological polar surface area (TPSA) is 75.9 Å². The third kappa shape index (κ3) is 2.84. The van der Waals surface area contributed by atoms with E-state index >= 15 is 0 Å². The predicted molar refractivity (Wildman–Crippen MR) is 77.3 cm³/mol. The Morgan fingerprint density at radius 2 is 1.89 bits per heavy atom. The van der Waals surface area contributed by atoms with Gasteiger partial charge in [-0.05, 0) is 28.1 Å². The van der Waals surface area contributed by atoms with E-state index in [1.807, 2.05) is 0 Å². The molecule has 1 aromatic carbocycles. The van der Waals surface area contributed by atoms with E-state index < -0.39 is 0 Å². The molecule has 0 fully saturated rings. The molecular weight excluding hydrogens is 341 g/mol. The maximum Gasteiger partial charge on any atom is 0.239 e. The fraction of sp³-hybridized carbons (Fsp3) is 0. The van der Waals surface area contributed by atoms with Crippen molar-refractivity contribution >= 4 is 56.6 Å². The van der Waals surface area contributed by atoms with Gasteiger partial charge in [-0.2, -0.15) is 4.98 Å². The second kappa shape index (κ2) is 5.71. The van der Waals surface area contributed by atoms with Crippen LogP contribution in [-0.4, -0.2) is 9.97 Å². The van der Waals surface area contributed by atoms with Gasteiger partial charge in [0.2, 0.25) is 5.95 Å². The summed E-state index contributed by atoms with van der Waals surface area (Å²) in [5.74, 6) is 6.04. The maximum atomic E-state index is 6.06. The molecule has 18 heavy (non-hydrogen) atoms. The highest BCUT2D eigenvalue weighted by Gasteiger charge is 2.10. The summed E-state index contributed by atoms with van der Waals surface area (Å²) in [6.45, 7) is 0. The summed E-state index contributed by atoms with van der Waals surface area (Å²) < 4.78 is 0.664. The minimum absolute atomic E-state index is 0.281. The monoisotopic (exact) mass is 347 g/mol. The first-order valence-corrected chi connectivity index (χ1v) is 6.37. The van der Waals surface area contributed by atoms with E-state index in [0.29, 0.717) is 26.0 Å². The molecule has 5 nitrogen and oxygen atoms in total. The number of para-hydroxylation sites is 1. The Labute approximate surface area is 122 Å². The van der Waals surface area contributed by atoms with E-state index in [9.17, 15) is 0 Å². The van der Waals surface area contributed by atoms with Crippen LogP contribution < -0.4 is 16.6 Å². The van der Waals surface area contributed by atoms with Crippen LogP contribution in [0.4, 0.5) is 17.5 Å². The Hall–Kier alpha value is -1.08. The normalized spacial score (nSPS) is 10.2. The van der Waals surface area contributed by atoms with Gasteiger partial charge in [0.1, 0.15) is 0 Å². The minimum atomic E-state index is 0.281. The van der Waals surface area contributed by atoms with Gasteiger partial charge >= 0.3 is 0 Å². The summed E-state index contributed by atoms with van der Waals surface area (Å²) in [4.78, 5) is 8.09. The van der Waals surface area contributed by atoms with Gasteiger partial charge < -0.3 is 5.32 Å². The molecule has 0 spiro atoms. The number of benzene rings is 1. The van der Waals surface area contributed by atoms with E-state index in [4.69, 9.17) is 29.0 Å². The first kappa shape index (κ1) is 13.4. The predicted octanol–water partition coefficient (Wildman–Crippen LogP) is 3.58. The number of nitrogens with two attached hydrogens (primary N) is 1. The zero-order valence-electron chi connectivity index (χ0n) is 8.92. The molecule has 0 saturated carbocycles. The molecule has 4 N–H and O–H groups in total. The lowest BCUT2D eigenvalue weighted by Gasteiger charge is -2.11. The molecule has 0 atom stereocenters. The van der Waals surface area contributed by atoms with E-state index in [-0.39, 0.29) is 5.95 Å². The van der Waals surface area contributed by atoms with Crippen molar-refractivity contribution < 1.29 is 0 Å². The Kier molecular flexibility index (Phi) is 4.23. The Balaban J connectivity index is 2.39. The molecule has 8 heteroatoms. The molecule has 0 aliphatic heterocycles. The number of rotatable bonds is 3. The van der Waals surface area contributed by atoms with Crippen molar-refractivity contribution in [3.63, 3.8) is 0 Å². The van der Waals surface area contributed by atoms with E-state index in [1.54, 1.807) is 24.4 Å². The van der Waals surface area contributed by atoms with Gasteiger partial charge in [-0.1, -0.05) is 29.3 Å². The molecule has 0 unspecified atom stereocenters. The average molecular weight is 349 g/mol. The lowest BCUT2D eigenvalue weighted by atomic mass is 10.3. The van der Waals surface area contributed by atoms with Crippen molar-refractivity contribution in [3.8, 4) is 0 Å².